The summed E-state index contributed by atoms with van der Waals surface area (Å²) in [5.74, 6) is -0.139. The Kier molecular flexibility index (Phi) is 4.50. The fraction of sp³-hybridized carbons (Fsp3) is 0.333. The first-order valence-corrected chi connectivity index (χ1v) is 7.18. The van der Waals surface area contributed by atoms with Gasteiger partial charge in [0.05, 0.1) is 6.04 Å². The molecule has 2 rings (SSSR count). The second-order valence-corrected chi connectivity index (χ2v) is 5.25. The quantitative estimate of drug-likeness (QED) is 0.848. The predicted molar refractivity (Wildman–Crippen MR) is 75.6 cm³/mol. The van der Waals surface area contributed by atoms with Crippen molar-refractivity contribution in [1.29, 1.82) is 0 Å². The molecular formula is C15H18FNS. The van der Waals surface area contributed by atoms with Crippen LogP contribution in [0.2, 0.25) is 0 Å². The maximum atomic E-state index is 14.0. The number of hydrogen-bond donors (Lipinski definition) is 1. The van der Waals surface area contributed by atoms with Crippen LogP contribution in [0.4, 0.5) is 4.39 Å². The zero-order valence-electron chi connectivity index (χ0n) is 10.7. The Morgan fingerprint density at radius 2 is 2.17 bits per heavy atom. The monoisotopic (exact) mass is 263 g/mol. The lowest BCUT2D eigenvalue weighted by Gasteiger charge is -2.19. The normalized spacial score (nSPS) is 12.6. The molecule has 0 spiro atoms. The SMILES string of the molecule is CCCNC(c1ccsc1)c1cc(C)ccc1F. The van der Waals surface area contributed by atoms with Crippen molar-refractivity contribution in [2.45, 2.75) is 26.3 Å². The highest BCUT2D eigenvalue weighted by Gasteiger charge is 2.17. The van der Waals surface area contributed by atoms with Gasteiger partial charge in [-0.3, -0.25) is 0 Å². The van der Waals surface area contributed by atoms with E-state index in [9.17, 15) is 4.39 Å². The summed E-state index contributed by atoms with van der Waals surface area (Å²) in [6, 6.07) is 7.30. The van der Waals surface area contributed by atoms with E-state index >= 15 is 0 Å². The highest BCUT2D eigenvalue weighted by Crippen LogP contribution is 2.27. The third-order valence-electron chi connectivity index (χ3n) is 2.94. The number of nitrogens with one attached hydrogen (secondary N) is 1. The van der Waals surface area contributed by atoms with Gasteiger partial charge in [-0.05, 0) is 48.3 Å². The van der Waals surface area contributed by atoms with Gasteiger partial charge in [-0.2, -0.15) is 11.3 Å². The Hall–Kier alpha value is -1.19. The fourth-order valence-electron chi connectivity index (χ4n) is 2.02. The fourth-order valence-corrected chi connectivity index (χ4v) is 2.71. The van der Waals surface area contributed by atoms with Crippen LogP contribution in [0.1, 0.15) is 36.1 Å². The van der Waals surface area contributed by atoms with Crippen LogP contribution in [0, 0.1) is 12.7 Å². The van der Waals surface area contributed by atoms with Crippen molar-refractivity contribution in [3.05, 3.63) is 57.5 Å². The topological polar surface area (TPSA) is 12.0 Å². The summed E-state index contributed by atoms with van der Waals surface area (Å²) in [7, 11) is 0. The van der Waals surface area contributed by atoms with Crippen molar-refractivity contribution in [3.8, 4) is 0 Å². The number of aryl methyl sites for hydroxylation is 1. The Bertz CT molecular complexity index is 493. The third-order valence-corrected chi connectivity index (χ3v) is 3.64. The lowest BCUT2D eigenvalue weighted by Crippen LogP contribution is -2.23. The highest BCUT2D eigenvalue weighted by atomic mass is 32.1. The molecule has 1 atom stereocenters. The third kappa shape index (κ3) is 2.98. The van der Waals surface area contributed by atoms with Crippen LogP contribution >= 0.6 is 11.3 Å². The summed E-state index contributed by atoms with van der Waals surface area (Å²) >= 11 is 1.64. The van der Waals surface area contributed by atoms with Crippen molar-refractivity contribution in [2.24, 2.45) is 0 Å². The number of hydrogen-bond acceptors (Lipinski definition) is 2. The predicted octanol–water partition coefficient (Wildman–Crippen LogP) is 4.28. The molecule has 1 aromatic heterocycles. The molecule has 0 saturated carbocycles. The summed E-state index contributed by atoms with van der Waals surface area (Å²) in [5.41, 5.74) is 2.96. The summed E-state index contributed by atoms with van der Waals surface area (Å²) in [6.07, 6.45) is 1.04. The van der Waals surface area contributed by atoms with Crippen LogP contribution in [0.15, 0.2) is 35.0 Å². The van der Waals surface area contributed by atoms with Crippen molar-refractivity contribution in [1.82, 2.24) is 5.32 Å². The van der Waals surface area contributed by atoms with Gasteiger partial charge in [-0.25, -0.2) is 4.39 Å². The molecule has 0 radical (unpaired) electrons. The molecule has 1 nitrogen and oxygen atoms in total. The van der Waals surface area contributed by atoms with E-state index in [1.165, 1.54) is 0 Å². The minimum absolute atomic E-state index is 0.0453. The van der Waals surface area contributed by atoms with Crippen LogP contribution in [0.3, 0.4) is 0 Å². The molecule has 18 heavy (non-hydrogen) atoms. The van der Waals surface area contributed by atoms with E-state index in [1.54, 1.807) is 17.4 Å². The van der Waals surface area contributed by atoms with Crippen LogP contribution in [0.25, 0.3) is 0 Å². The van der Waals surface area contributed by atoms with Gasteiger partial charge in [-0.15, -0.1) is 0 Å². The second-order valence-electron chi connectivity index (χ2n) is 4.47. The Balaban J connectivity index is 2.36. The largest absolute Gasteiger partial charge is 0.306 e. The van der Waals surface area contributed by atoms with Crippen LogP contribution in [-0.2, 0) is 0 Å². The molecular weight excluding hydrogens is 245 g/mol. The first kappa shape index (κ1) is 13.2. The van der Waals surface area contributed by atoms with Gasteiger partial charge >= 0.3 is 0 Å². The van der Waals surface area contributed by atoms with E-state index in [-0.39, 0.29) is 11.9 Å². The first-order chi connectivity index (χ1) is 8.72. The van der Waals surface area contributed by atoms with Crippen LogP contribution < -0.4 is 5.32 Å². The molecule has 0 aliphatic carbocycles. The molecule has 0 saturated heterocycles. The molecule has 0 fully saturated rings. The van der Waals surface area contributed by atoms with Crippen LogP contribution in [0.5, 0.6) is 0 Å². The van der Waals surface area contributed by atoms with Crippen molar-refractivity contribution in [3.63, 3.8) is 0 Å². The molecule has 1 N–H and O–H groups in total. The van der Waals surface area contributed by atoms with E-state index in [2.05, 4.69) is 23.7 Å². The maximum Gasteiger partial charge on any atom is 0.128 e. The van der Waals surface area contributed by atoms with Crippen LogP contribution in [-0.4, -0.2) is 6.54 Å². The van der Waals surface area contributed by atoms with Gasteiger partial charge in [0.2, 0.25) is 0 Å². The minimum atomic E-state index is -0.139. The van der Waals surface area contributed by atoms with E-state index in [0.717, 1.165) is 29.7 Å². The van der Waals surface area contributed by atoms with Crippen molar-refractivity contribution >= 4 is 11.3 Å². The Morgan fingerprint density at radius 1 is 1.33 bits per heavy atom. The standard InChI is InChI=1S/C15H18FNS/c1-3-7-17-15(12-6-8-18-10-12)13-9-11(2)4-5-14(13)16/h4-6,8-10,15,17H,3,7H2,1-2H3. The summed E-state index contributed by atoms with van der Waals surface area (Å²) < 4.78 is 14.0. The summed E-state index contributed by atoms with van der Waals surface area (Å²) in [6.45, 7) is 4.99. The summed E-state index contributed by atoms with van der Waals surface area (Å²) in [5, 5.41) is 7.53. The van der Waals surface area contributed by atoms with Gasteiger partial charge < -0.3 is 5.32 Å². The lowest BCUT2D eigenvalue weighted by molar-refractivity contribution is 0.547. The number of halogens is 1. The molecule has 1 aromatic carbocycles. The Labute approximate surface area is 112 Å². The van der Waals surface area contributed by atoms with Gasteiger partial charge in [0.15, 0.2) is 0 Å². The van der Waals surface area contributed by atoms with Crippen molar-refractivity contribution < 1.29 is 4.39 Å². The van der Waals surface area contributed by atoms with E-state index in [4.69, 9.17) is 0 Å². The van der Waals surface area contributed by atoms with E-state index in [0.29, 0.717) is 0 Å². The molecule has 1 unspecified atom stereocenters. The van der Waals surface area contributed by atoms with Gasteiger partial charge in [0, 0.05) is 5.56 Å². The average Bonchev–Trinajstić information content (AvgIpc) is 2.88. The highest BCUT2D eigenvalue weighted by molar-refractivity contribution is 7.08. The molecule has 0 aliphatic heterocycles. The second kappa shape index (κ2) is 6.12. The zero-order valence-corrected chi connectivity index (χ0v) is 11.6. The lowest BCUT2D eigenvalue weighted by atomic mass is 9.99. The Morgan fingerprint density at radius 3 is 2.83 bits per heavy atom. The molecule has 2 aromatic rings. The number of benzene rings is 1. The number of thiophene rings is 1. The minimum Gasteiger partial charge on any atom is -0.306 e. The molecule has 0 bridgehead atoms. The zero-order chi connectivity index (χ0) is 13.0. The first-order valence-electron chi connectivity index (χ1n) is 6.24. The van der Waals surface area contributed by atoms with Gasteiger partial charge in [0.25, 0.3) is 0 Å². The van der Waals surface area contributed by atoms with E-state index in [1.807, 2.05) is 24.4 Å². The maximum absolute atomic E-state index is 14.0. The molecule has 96 valence electrons. The van der Waals surface area contributed by atoms with Gasteiger partial charge in [-0.1, -0.05) is 24.6 Å². The summed E-state index contributed by atoms with van der Waals surface area (Å²) in [4.78, 5) is 0. The molecule has 0 amide bonds. The molecule has 0 aliphatic rings. The van der Waals surface area contributed by atoms with E-state index < -0.39 is 0 Å². The smallest absolute Gasteiger partial charge is 0.128 e. The number of rotatable bonds is 5. The molecule has 3 heteroatoms. The van der Waals surface area contributed by atoms with Gasteiger partial charge in [0.1, 0.15) is 5.82 Å². The molecule has 1 heterocycles. The van der Waals surface area contributed by atoms with Crippen molar-refractivity contribution in [2.75, 3.05) is 6.54 Å². The average molecular weight is 263 g/mol.